The lowest BCUT2D eigenvalue weighted by Gasteiger charge is -2.34. The number of rotatable bonds is 6. The maximum absolute atomic E-state index is 13.7. The lowest BCUT2D eigenvalue weighted by molar-refractivity contribution is 0.374. The Labute approximate surface area is 200 Å². The third-order valence-electron chi connectivity index (χ3n) is 5.16. The van der Waals surface area contributed by atoms with E-state index < -0.39 is 15.8 Å². The molecule has 170 valence electrons. The predicted molar refractivity (Wildman–Crippen MR) is 125 cm³/mol. The Morgan fingerprint density at radius 3 is 2.56 bits per heavy atom. The van der Waals surface area contributed by atoms with Gasteiger partial charge in [-0.2, -0.15) is 4.31 Å². The Balaban J connectivity index is 1.43. The van der Waals surface area contributed by atoms with Gasteiger partial charge in [0, 0.05) is 43.0 Å². The van der Waals surface area contributed by atoms with Crippen molar-refractivity contribution in [1.82, 2.24) is 9.29 Å². The van der Waals surface area contributed by atoms with E-state index in [9.17, 15) is 12.8 Å². The fourth-order valence-corrected chi connectivity index (χ4v) is 6.33. The van der Waals surface area contributed by atoms with Crippen LogP contribution in [-0.4, -0.2) is 51.0 Å². The number of hydrogen-bond acceptors (Lipinski definition) is 6. The summed E-state index contributed by atoms with van der Waals surface area (Å²) in [5, 5.41) is 3.17. The van der Waals surface area contributed by atoms with E-state index in [1.54, 1.807) is 18.2 Å². The molecule has 1 aromatic heterocycles. The van der Waals surface area contributed by atoms with Gasteiger partial charge in [-0.15, -0.1) is 11.3 Å². The van der Waals surface area contributed by atoms with Gasteiger partial charge >= 0.3 is 0 Å². The summed E-state index contributed by atoms with van der Waals surface area (Å²) in [5.41, 5.74) is 1.61. The number of nitrogens with zero attached hydrogens (tertiary/aromatic N) is 3. The van der Waals surface area contributed by atoms with Crippen LogP contribution in [0.25, 0.3) is 0 Å². The number of anilines is 1. The van der Waals surface area contributed by atoms with E-state index in [4.69, 9.17) is 27.9 Å². The van der Waals surface area contributed by atoms with E-state index in [1.165, 1.54) is 41.0 Å². The summed E-state index contributed by atoms with van der Waals surface area (Å²) in [5.74, 6) is -0.187. The number of benzene rings is 2. The van der Waals surface area contributed by atoms with Gasteiger partial charge in [-0.25, -0.2) is 17.8 Å². The highest BCUT2D eigenvalue weighted by Gasteiger charge is 2.31. The van der Waals surface area contributed by atoms with Crippen LogP contribution in [0.3, 0.4) is 0 Å². The van der Waals surface area contributed by atoms with Crippen LogP contribution in [-0.2, 0) is 16.4 Å². The van der Waals surface area contributed by atoms with Gasteiger partial charge in [-0.1, -0.05) is 29.3 Å². The lowest BCUT2D eigenvalue weighted by atomic mass is 10.1. The van der Waals surface area contributed by atoms with Crippen LogP contribution in [0.5, 0.6) is 5.75 Å². The molecule has 3 aromatic rings. The average molecular weight is 516 g/mol. The zero-order valence-electron chi connectivity index (χ0n) is 17.1. The van der Waals surface area contributed by atoms with E-state index in [0.717, 1.165) is 16.4 Å². The van der Waals surface area contributed by atoms with Crippen molar-refractivity contribution in [2.24, 2.45) is 0 Å². The van der Waals surface area contributed by atoms with Crippen molar-refractivity contribution < 1.29 is 17.5 Å². The molecule has 2 aromatic carbocycles. The number of sulfonamides is 1. The van der Waals surface area contributed by atoms with Crippen molar-refractivity contribution in [3.8, 4) is 5.75 Å². The molecule has 1 aliphatic rings. The van der Waals surface area contributed by atoms with Gasteiger partial charge in [-0.3, -0.25) is 0 Å². The Kier molecular flexibility index (Phi) is 6.92. The predicted octanol–water partition coefficient (Wildman–Crippen LogP) is 4.70. The van der Waals surface area contributed by atoms with Crippen molar-refractivity contribution in [3.63, 3.8) is 0 Å². The first-order chi connectivity index (χ1) is 15.3. The van der Waals surface area contributed by atoms with Crippen molar-refractivity contribution in [2.45, 2.75) is 11.3 Å². The number of aromatic nitrogens is 1. The normalized spacial score (nSPS) is 15.2. The summed E-state index contributed by atoms with van der Waals surface area (Å²) in [7, 11) is -2.31. The Bertz CT molecular complexity index is 1230. The summed E-state index contributed by atoms with van der Waals surface area (Å²) in [6.07, 6.45) is 0.494. The molecule has 32 heavy (non-hydrogen) atoms. The molecule has 0 unspecified atom stereocenters. The van der Waals surface area contributed by atoms with Gasteiger partial charge in [0.15, 0.2) is 5.13 Å². The third kappa shape index (κ3) is 4.87. The molecule has 0 saturated carbocycles. The first-order valence-corrected chi connectivity index (χ1v) is 12.8. The molecule has 0 bridgehead atoms. The highest BCUT2D eigenvalue weighted by Crippen LogP contribution is 2.31. The second-order valence-electron chi connectivity index (χ2n) is 7.23. The Morgan fingerprint density at radius 1 is 1.12 bits per heavy atom. The van der Waals surface area contributed by atoms with Gasteiger partial charge in [0.1, 0.15) is 16.5 Å². The molecule has 1 aliphatic heterocycles. The van der Waals surface area contributed by atoms with E-state index in [-0.39, 0.29) is 15.7 Å². The molecule has 0 N–H and O–H groups in total. The molecule has 0 radical (unpaired) electrons. The third-order valence-corrected chi connectivity index (χ3v) is 8.57. The number of piperazine rings is 1. The lowest BCUT2D eigenvalue weighted by Crippen LogP contribution is -2.48. The monoisotopic (exact) mass is 515 g/mol. The molecular formula is C21H20Cl2FN3O3S2. The van der Waals surface area contributed by atoms with Crippen molar-refractivity contribution >= 4 is 49.7 Å². The van der Waals surface area contributed by atoms with Crippen LogP contribution in [0, 0.1) is 5.82 Å². The summed E-state index contributed by atoms with van der Waals surface area (Å²) < 4.78 is 46.6. The van der Waals surface area contributed by atoms with Crippen LogP contribution < -0.4 is 9.64 Å². The molecule has 1 fully saturated rings. The second-order valence-corrected chi connectivity index (χ2v) is 10.8. The molecule has 0 amide bonds. The standard InChI is InChI=1S/C21H20Cl2FN3O3S2/c1-30-19-5-3-15(22)12-20(19)32(28,29)27-8-6-26(7-9-27)21-25-16(13-31-21)10-14-2-4-17(23)18(24)11-14/h2-5,11-13H,6-10H2,1H3. The van der Waals surface area contributed by atoms with Gasteiger partial charge in [0.2, 0.25) is 10.0 Å². The molecular weight excluding hydrogens is 496 g/mol. The largest absolute Gasteiger partial charge is 0.495 e. The fraction of sp³-hybridized carbons (Fsp3) is 0.286. The van der Waals surface area contributed by atoms with Gasteiger partial charge in [-0.05, 0) is 35.9 Å². The highest BCUT2D eigenvalue weighted by molar-refractivity contribution is 7.89. The summed E-state index contributed by atoms with van der Waals surface area (Å²) >= 11 is 13.2. The summed E-state index contributed by atoms with van der Waals surface area (Å²) in [6.45, 7) is 1.64. The Hall–Kier alpha value is -1.91. The molecule has 0 atom stereocenters. The van der Waals surface area contributed by atoms with E-state index in [0.29, 0.717) is 37.6 Å². The van der Waals surface area contributed by atoms with Crippen LogP contribution >= 0.6 is 34.5 Å². The topological polar surface area (TPSA) is 62.7 Å². The maximum atomic E-state index is 13.7. The van der Waals surface area contributed by atoms with Crippen molar-refractivity contribution in [2.75, 3.05) is 38.2 Å². The number of hydrogen-bond donors (Lipinski definition) is 0. The molecule has 6 nitrogen and oxygen atoms in total. The van der Waals surface area contributed by atoms with Crippen molar-refractivity contribution in [3.05, 3.63) is 68.9 Å². The number of methoxy groups -OCH3 is 1. The van der Waals surface area contributed by atoms with Crippen LogP contribution in [0.2, 0.25) is 10.0 Å². The fourth-order valence-electron chi connectivity index (χ4n) is 3.49. The summed E-state index contributed by atoms with van der Waals surface area (Å²) in [6, 6.07) is 9.28. The zero-order valence-corrected chi connectivity index (χ0v) is 20.2. The number of thiazole rings is 1. The number of ether oxygens (including phenoxy) is 1. The minimum Gasteiger partial charge on any atom is -0.495 e. The average Bonchev–Trinajstić information content (AvgIpc) is 3.25. The van der Waals surface area contributed by atoms with Crippen LogP contribution in [0.15, 0.2) is 46.7 Å². The highest BCUT2D eigenvalue weighted by atomic mass is 35.5. The molecule has 4 rings (SSSR count). The quantitative estimate of drug-likeness (QED) is 0.476. The zero-order chi connectivity index (χ0) is 22.9. The van der Waals surface area contributed by atoms with E-state index in [2.05, 4.69) is 9.88 Å². The van der Waals surface area contributed by atoms with Crippen LogP contribution in [0.1, 0.15) is 11.3 Å². The smallest absolute Gasteiger partial charge is 0.246 e. The molecule has 2 heterocycles. The maximum Gasteiger partial charge on any atom is 0.246 e. The van der Waals surface area contributed by atoms with Gasteiger partial charge < -0.3 is 9.64 Å². The molecule has 0 spiro atoms. The minimum absolute atomic E-state index is 0.0627. The first-order valence-electron chi connectivity index (χ1n) is 9.75. The minimum atomic E-state index is -3.74. The van der Waals surface area contributed by atoms with E-state index in [1.807, 2.05) is 5.38 Å². The van der Waals surface area contributed by atoms with Gasteiger partial charge in [0.05, 0.1) is 17.8 Å². The van der Waals surface area contributed by atoms with Crippen LogP contribution in [0.4, 0.5) is 9.52 Å². The number of halogens is 3. The van der Waals surface area contributed by atoms with E-state index >= 15 is 0 Å². The SMILES string of the molecule is COc1ccc(Cl)cc1S(=O)(=O)N1CCN(c2nc(Cc3ccc(Cl)c(F)c3)cs2)CC1. The molecule has 1 saturated heterocycles. The summed E-state index contributed by atoms with van der Waals surface area (Å²) in [4.78, 5) is 6.77. The molecule has 11 heteroatoms. The van der Waals surface area contributed by atoms with Gasteiger partial charge in [0.25, 0.3) is 0 Å². The van der Waals surface area contributed by atoms with Crippen molar-refractivity contribution in [1.29, 1.82) is 0 Å². The second kappa shape index (κ2) is 9.52. The molecule has 0 aliphatic carbocycles. The first kappa shape index (κ1) is 23.3. The Morgan fingerprint density at radius 2 is 1.88 bits per heavy atom.